The maximum absolute atomic E-state index is 12.1. The molecule has 0 aliphatic rings. The molecule has 0 spiro atoms. The molecule has 2 aromatic rings. The highest BCUT2D eigenvalue weighted by molar-refractivity contribution is 6.48. The summed E-state index contributed by atoms with van der Waals surface area (Å²) < 4.78 is -1.21. The van der Waals surface area contributed by atoms with E-state index < -0.39 is 9.37 Å². The molecule has 1 heterocycles. The zero-order valence-corrected chi connectivity index (χ0v) is 17.9. The number of carbonyl (C=O) groups is 1. The van der Waals surface area contributed by atoms with Crippen molar-refractivity contribution in [3.63, 3.8) is 0 Å². The van der Waals surface area contributed by atoms with Crippen LogP contribution in [0.1, 0.15) is 23.2 Å². The molecule has 12 heteroatoms. The van der Waals surface area contributed by atoms with Crippen LogP contribution in [0.3, 0.4) is 0 Å². The molecule has 0 aliphatic heterocycles. The molecule has 0 fully saturated rings. The van der Waals surface area contributed by atoms with Gasteiger partial charge in [-0.05, 0) is 49.2 Å². The van der Waals surface area contributed by atoms with Gasteiger partial charge >= 0.3 is 0 Å². The second kappa shape index (κ2) is 11.5. The zero-order chi connectivity index (χ0) is 22.0. The minimum absolute atomic E-state index is 0.0291. The Bertz CT molecular complexity index is 878. The van der Waals surface area contributed by atoms with E-state index in [2.05, 4.69) is 26.0 Å². The fourth-order valence-corrected chi connectivity index (χ4v) is 2.84. The molecule has 0 saturated carbocycles. The number of alkyl halides is 2. The molecular weight excluding hydrogens is 455 g/mol. The predicted molar refractivity (Wildman–Crippen MR) is 118 cm³/mol. The minimum atomic E-state index is -1.21. The summed E-state index contributed by atoms with van der Waals surface area (Å²) in [6.45, 7) is 0.341. The minimum Gasteiger partial charge on any atom is -0.351 e. The lowest BCUT2D eigenvalue weighted by Gasteiger charge is -2.20. The van der Waals surface area contributed by atoms with Crippen LogP contribution < -0.4 is 16.0 Å². The van der Waals surface area contributed by atoms with Gasteiger partial charge in [0, 0.05) is 23.3 Å². The Balaban J connectivity index is 1.78. The topological polar surface area (TPSA) is 122 Å². The predicted octanol–water partition coefficient (Wildman–Crippen LogP) is 3.67. The van der Waals surface area contributed by atoms with Gasteiger partial charge in [0.05, 0.1) is 18.4 Å². The maximum Gasteiger partial charge on any atom is 0.273 e. The van der Waals surface area contributed by atoms with Crippen molar-refractivity contribution in [3.8, 4) is 0 Å². The highest BCUT2D eigenvalue weighted by Crippen LogP contribution is 2.26. The van der Waals surface area contributed by atoms with Crippen molar-refractivity contribution in [2.24, 2.45) is 5.10 Å². The van der Waals surface area contributed by atoms with E-state index in [4.69, 9.17) is 34.8 Å². The van der Waals surface area contributed by atoms with E-state index in [0.29, 0.717) is 35.7 Å². The van der Waals surface area contributed by atoms with Crippen LogP contribution in [-0.4, -0.2) is 39.3 Å². The van der Waals surface area contributed by atoms with Gasteiger partial charge in [-0.15, -0.1) is 0 Å². The van der Waals surface area contributed by atoms with E-state index in [1.807, 2.05) is 0 Å². The van der Waals surface area contributed by atoms with Crippen LogP contribution in [0.4, 0.5) is 5.69 Å². The van der Waals surface area contributed by atoms with Crippen molar-refractivity contribution in [1.82, 2.24) is 15.6 Å². The zero-order valence-electron chi connectivity index (χ0n) is 15.6. The maximum atomic E-state index is 12.1. The molecule has 2 rings (SSSR count). The number of hydrazone groups is 1. The number of nitrogens with zero attached hydrogens (tertiary/aromatic N) is 3. The number of guanidine groups is 1. The van der Waals surface area contributed by atoms with Crippen molar-refractivity contribution < 1.29 is 9.83 Å². The third-order valence-corrected chi connectivity index (χ3v) is 4.63. The van der Waals surface area contributed by atoms with Crippen molar-refractivity contribution in [2.75, 3.05) is 18.4 Å². The van der Waals surface area contributed by atoms with Crippen LogP contribution >= 0.6 is 34.8 Å². The molecule has 3 N–H and O–H groups in total. The van der Waals surface area contributed by atoms with Crippen LogP contribution in [-0.2, 0) is 0 Å². The molecule has 1 aromatic carbocycles. The summed E-state index contributed by atoms with van der Waals surface area (Å²) in [4.78, 5) is 26.7. The molecule has 160 valence electrons. The van der Waals surface area contributed by atoms with Crippen LogP contribution in [0.15, 0.2) is 53.9 Å². The van der Waals surface area contributed by atoms with Crippen LogP contribution in [0.25, 0.3) is 0 Å². The summed E-state index contributed by atoms with van der Waals surface area (Å²) in [5, 5.41) is 21.9. The van der Waals surface area contributed by atoms with Gasteiger partial charge in [-0.1, -0.05) is 34.8 Å². The number of halogens is 3. The molecular formula is C18H19Cl3N6O3. The largest absolute Gasteiger partial charge is 0.351 e. The summed E-state index contributed by atoms with van der Waals surface area (Å²) in [7, 11) is 0. The fourth-order valence-electron chi connectivity index (χ4n) is 2.31. The normalized spacial score (nSPS) is 11.6. The lowest BCUT2D eigenvalue weighted by atomic mass is 10.2. The lowest BCUT2D eigenvalue weighted by molar-refractivity contribution is -0.485. The molecule has 1 amide bonds. The smallest absolute Gasteiger partial charge is 0.273 e. The molecule has 1 aromatic heterocycles. The van der Waals surface area contributed by atoms with E-state index in [9.17, 15) is 14.9 Å². The number of carbonyl (C=O) groups excluding carboxylic acids is 1. The van der Waals surface area contributed by atoms with Crippen molar-refractivity contribution in [2.45, 2.75) is 17.2 Å². The van der Waals surface area contributed by atoms with Gasteiger partial charge in [-0.2, -0.15) is 0 Å². The second-order valence-corrected chi connectivity index (χ2v) is 8.21. The number of hydrogen-bond acceptors (Lipinski definition) is 4. The van der Waals surface area contributed by atoms with Gasteiger partial charge in [0.15, 0.2) is 5.03 Å². The Labute approximate surface area is 188 Å². The molecule has 30 heavy (non-hydrogen) atoms. The number of rotatable bonds is 9. The van der Waals surface area contributed by atoms with Gasteiger partial charge in [-0.25, -0.2) is 10.1 Å². The lowest BCUT2D eigenvalue weighted by Crippen LogP contribution is -2.36. The Morgan fingerprint density at radius 2 is 1.93 bits per heavy atom. The highest BCUT2D eigenvalue weighted by atomic mass is 35.5. The van der Waals surface area contributed by atoms with Gasteiger partial charge in [-0.3, -0.25) is 9.78 Å². The van der Waals surface area contributed by atoms with Gasteiger partial charge < -0.3 is 16.0 Å². The van der Waals surface area contributed by atoms with E-state index in [0.717, 1.165) is 0 Å². The first-order valence-corrected chi connectivity index (χ1v) is 9.94. The molecule has 0 unspecified atom stereocenters. The molecule has 0 aliphatic carbocycles. The molecule has 0 bridgehead atoms. The second-order valence-electron chi connectivity index (χ2n) is 6.13. The number of amides is 1. The van der Waals surface area contributed by atoms with Crippen LogP contribution in [0, 0.1) is 10.1 Å². The first-order valence-electron chi connectivity index (χ1n) is 8.81. The SMILES string of the molecule is O=C(NCC(Cl)(Cl)CCCNC(=N[N+](=O)[O-])Nc1cccnc1)c1ccc(Cl)cc1. The molecule has 0 radical (unpaired) electrons. The summed E-state index contributed by atoms with van der Waals surface area (Å²) >= 11 is 18.3. The third-order valence-electron chi connectivity index (χ3n) is 3.73. The fraction of sp³-hybridized carbons (Fsp3) is 0.278. The van der Waals surface area contributed by atoms with Crippen LogP contribution in [0.2, 0.25) is 5.02 Å². The van der Waals surface area contributed by atoms with Crippen molar-refractivity contribution >= 4 is 52.4 Å². The number of benzene rings is 1. The Morgan fingerprint density at radius 1 is 1.20 bits per heavy atom. The average molecular weight is 474 g/mol. The van der Waals surface area contributed by atoms with E-state index in [1.54, 1.807) is 42.6 Å². The quantitative estimate of drug-likeness (QED) is 0.128. The van der Waals surface area contributed by atoms with Crippen LogP contribution in [0.5, 0.6) is 0 Å². The van der Waals surface area contributed by atoms with E-state index in [1.165, 1.54) is 6.20 Å². The first kappa shape index (κ1) is 23.7. The summed E-state index contributed by atoms with van der Waals surface area (Å²) in [5.41, 5.74) is 0.979. The highest BCUT2D eigenvalue weighted by Gasteiger charge is 2.24. The third kappa shape index (κ3) is 8.81. The molecule has 0 atom stereocenters. The van der Waals surface area contributed by atoms with Gasteiger partial charge in [0.2, 0.25) is 0 Å². The monoisotopic (exact) mass is 472 g/mol. The number of pyridine rings is 1. The van der Waals surface area contributed by atoms with Crippen molar-refractivity contribution in [3.05, 3.63) is 69.5 Å². The van der Waals surface area contributed by atoms with Crippen molar-refractivity contribution in [1.29, 1.82) is 0 Å². The summed E-state index contributed by atoms with van der Waals surface area (Å²) in [6.07, 6.45) is 3.87. The Hall–Kier alpha value is -2.62. The summed E-state index contributed by atoms with van der Waals surface area (Å²) in [6, 6.07) is 9.78. The number of aromatic nitrogens is 1. The van der Waals surface area contributed by atoms with Gasteiger partial charge in [0.1, 0.15) is 9.43 Å². The Morgan fingerprint density at radius 3 is 2.57 bits per heavy atom. The number of anilines is 1. The number of nitro groups is 1. The summed E-state index contributed by atoms with van der Waals surface area (Å²) in [5.74, 6) is -0.365. The van der Waals surface area contributed by atoms with Gasteiger partial charge in [0.25, 0.3) is 11.9 Å². The average Bonchev–Trinajstić information content (AvgIpc) is 2.70. The van der Waals surface area contributed by atoms with E-state index in [-0.39, 0.29) is 18.4 Å². The Kier molecular flexibility index (Phi) is 9.10. The first-order chi connectivity index (χ1) is 14.2. The number of nitrogens with one attached hydrogen (secondary N) is 3. The standard InChI is InChI=1S/C18H19Cl3N6O3/c19-14-6-4-13(5-7-14)16(28)24-12-18(20,21)8-2-10-23-17(26-27(29)30)25-15-3-1-9-22-11-15/h1,3-7,9,11H,2,8,10,12H2,(H,24,28)(H2,23,25,26). The van der Waals surface area contributed by atoms with E-state index >= 15 is 0 Å². The molecule has 0 saturated heterocycles. The molecule has 9 nitrogen and oxygen atoms in total. The number of hydrogen-bond donors (Lipinski definition) is 3.